The van der Waals surface area contributed by atoms with E-state index in [2.05, 4.69) is 18.3 Å². The normalized spacial score (nSPS) is 16.3. The maximum Gasteiger partial charge on any atom is 0.114 e. The lowest BCUT2D eigenvalue weighted by atomic mass is 10.0. The number of benzene rings is 1. The molecule has 1 heterocycles. The fraction of sp³-hybridized carbons (Fsp3) is 0.429. The van der Waals surface area contributed by atoms with Crippen molar-refractivity contribution < 1.29 is 4.74 Å². The van der Waals surface area contributed by atoms with Crippen LogP contribution in [-0.4, -0.2) is 13.2 Å². The van der Waals surface area contributed by atoms with Crippen LogP contribution in [0.15, 0.2) is 30.0 Å². The lowest BCUT2D eigenvalue weighted by Crippen LogP contribution is -2.24. The zero-order valence-corrected chi connectivity index (χ0v) is 11.9. The average Bonchev–Trinajstić information content (AvgIpc) is 2.82. The van der Waals surface area contributed by atoms with Gasteiger partial charge in [0.2, 0.25) is 0 Å². The monoisotopic (exact) mass is 285 g/mol. The Bertz CT molecular complexity index is 425. The van der Waals surface area contributed by atoms with Crippen LogP contribution in [0, 0.1) is 0 Å². The molecule has 0 spiro atoms. The topological polar surface area (TPSA) is 21.3 Å². The highest BCUT2D eigenvalue weighted by Gasteiger charge is 2.20. The van der Waals surface area contributed by atoms with Gasteiger partial charge < -0.3 is 10.1 Å². The molecule has 0 bridgehead atoms. The van der Waals surface area contributed by atoms with Crippen molar-refractivity contribution in [2.45, 2.75) is 25.8 Å². The minimum absolute atomic E-state index is 0.0450. The zero-order valence-electron chi connectivity index (χ0n) is 10.4. The van der Waals surface area contributed by atoms with Crippen LogP contribution in [0.1, 0.15) is 31.4 Å². The van der Waals surface area contributed by atoms with E-state index >= 15 is 0 Å². The van der Waals surface area contributed by atoms with Gasteiger partial charge in [0, 0.05) is 16.5 Å². The largest absolute Gasteiger partial charge is 0.496 e. The smallest absolute Gasteiger partial charge is 0.114 e. The highest BCUT2D eigenvalue weighted by molar-refractivity contribution is 6.34. The molecule has 1 aliphatic rings. The van der Waals surface area contributed by atoms with Gasteiger partial charge in [0.1, 0.15) is 5.76 Å². The van der Waals surface area contributed by atoms with E-state index in [9.17, 15) is 0 Å². The SMILES string of the molecule is CCCNC(C1=CCCO1)c1cc(Cl)cc(Cl)c1. The first-order valence-corrected chi connectivity index (χ1v) is 6.98. The van der Waals surface area contributed by atoms with E-state index in [1.165, 1.54) is 0 Å². The summed E-state index contributed by atoms with van der Waals surface area (Å²) in [5, 5.41) is 4.78. The molecule has 4 heteroatoms. The van der Waals surface area contributed by atoms with E-state index in [4.69, 9.17) is 27.9 Å². The molecule has 1 aromatic rings. The molecule has 0 aliphatic carbocycles. The second-order valence-electron chi connectivity index (χ2n) is 4.33. The first-order chi connectivity index (χ1) is 8.70. The van der Waals surface area contributed by atoms with Gasteiger partial charge in [-0.25, -0.2) is 0 Å². The van der Waals surface area contributed by atoms with Gasteiger partial charge in [-0.3, -0.25) is 0 Å². The van der Waals surface area contributed by atoms with E-state index in [1.54, 1.807) is 6.07 Å². The molecule has 0 amide bonds. The Hall–Kier alpha value is -0.700. The number of rotatable bonds is 5. The number of hydrogen-bond acceptors (Lipinski definition) is 2. The van der Waals surface area contributed by atoms with Gasteiger partial charge in [0.25, 0.3) is 0 Å². The molecule has 0 radical (unpaired) electrons. The van der Waals surface area contributed by atoms with Crippen molar-refractivity contribution in [1.29, 1.82) is 0 Å². The van der Waals surface area contributed by atoms with Gasteiger partial charge in [0.05, 0.1) is 12.6 Å². The van der Waals surface area contributed by atoms with Gasteiger partial charge in [0.15, 0.2) is 0 Å². The molecule has 0 saturated carbocycles. The summed E-state index contributed by atoms with van der Waals surface area (Å²) in [6.07, 6.45) is 4.16. The lowest BCUT2D eigenvalue weighted by Gasteiger charge is -2.20. The van der Waals surface area contributed by atoms with Crippen molar-refractivity contribution in [2.75, 3.05) is 13.2 Å². The first-order valence-electron chi connectivity index (χ1n) is 6.23. The molecular weight excluding hydrogens is 269 g/mol. The van der Waals surface area contributed by atoms with Crippen LogP contribution in [0.3, 0.4) is 0 Å². The summed E-state index contributed by atoms with van der Waals surface area (Å²) in [5.74, 6) is 0.974. The molecule has 18 heavy (non-hydrogen) atoms. The van der Waals surface area contributed by atoms with E-state index < -0.39 is 0 Å². The second kappa shape index (κ2) is 6.46. The van der Waals surface area contributed by atoms with Crippen LogP contribution in [-0.2, 0) is 4.74 Å². The van der Waals surface area contributed by atoms with Crippen LogP contribution < -0.4 is 5.32 Å². The molecule has 1 N–H and O–H groups in total. The predicted molar refractivity (Wildman–Crippen MR) is 76.1 cm³/mol. The molecule has 1 unspecified atom stereocenters. The Labute approximate surface area is 118 Å². The number of ether oxygens (including phenoxy) is 1. The average molecular weight is 286 g/mol. The Kier molecular flexibility index (Phi) is 4.93. The van der Waals surface area contributed by atoms with Crippen molar-refractivity contribution in [3.05, 3.63) is 45.6 Å². The summed E-state index contributed by atoms with van der Waals surface area (Å²) in [6.45, 7) is 3.82. The van der Waals surface area contributed by atoms with Crippen LogP contribution >= 0.6 is 23.2 Å². The maximum atomic E-state index is 6.06. The Morgan fingerprint density at radius 1 is 1.28 bits per heavy atom. The van der Waals surface area contributed by atoms with Crippen LogP contribution in [0.2, 0.25) is 10.0 Å². The Balaban J connectivity index is 2.26. The molecule has 2 nitrogen and oxygen atoms in total. The van der Waals surface area contributed by atoms with Crippen LogP contribution in [0.5, 0.6) is 0 Å². The summed E-state index contributed by atoms with van der Waals surface area (Å²) in [6, 6.07) is 5.66. The first kappa shape index (κ1) is 13.7. The fourth-order valence-corrected chi connectivity index (χ4v) is 2.59. The summed E-state index contributed by atoms with van der Waals surface area (Å²) < 4.78 is 5.66. The quantitative estimate of drug-likeness (QED) is 0.869. The number of hydrogen-bond donors (Lipinski definition) is 1. The molecule has 1 aliphatic heterocycles. The van der Waals surface area contributed by atoms with E-state index in [1.807, 2.05) is 12.1 Å². The molecule has 98 valence electrons. The van der Waals surface area contributed by atoms with Crippen LogP contribution in [0.25, 0.3) is 0 Å². The summed E-state index contributed by atoms with van der Waals surface area (Å²) in [5.41, 5.74) is 1.05. The molecular formula is C14H17Cl2NO. The van der Waals surface area contributed by atoms with Crippen LogP contribution in [0.4, 0.5) is 0 Å². The van der Waals surface area contributed by atoms with Gasteiger partial charge in [-0.1, -0.05) is 30.1 Å². The van der Waals surface area contributed by atoms with Crippen molar-refractivity contribution in [3.63, 3.8) is 0 Å². The van der Waals surface area contributed by atoms with Gasteiger partial charge in [-0.2, -0.15) is 0 Å². The third kappa shape index (κ3) is 3.41. The highest BCUT2D eigenvalue weighted by atomic mass is 35.5. The third-order valence-electron chi connectivity index (χ3n) is 2.83. The molecule has 2 rings (SSSR count). The standard InChI is InChI=1S/C14H17Cl2NO/c1-2-5-17-14(13-4-3-6-18-13)10-7-11(15)9-12(16)8-10/h4,7-9,14,17H,2-3,5-6H2,1H3. The predicted octanol–water partition coefficient (Wildman–Crippen LogP) is 4.34. The molecule has 1 aromatic carbocycles. The van der Waals surface area contributed by atoms with E-state index in [-0.39, 0.29) is 6.04 Å². The number of halogens is 2. The molecule has 0 fully saturated rings. The second-order valence-corrected chi connectivity index (χ2v) is 5.21. The van der Waals surface area contributed by atoms with E-state index in [0.29, 0.717) is 10.0 Å². The van der Waals surface area contributed by atoms with Crippen molar-refractivity contribution in [2.24, 2.45) is 0 Å². The minimum atomic E-state index is 0.0450. The number of nitrogens with one attached hydrogen (secondary N) is 1. The summed E-state index contributed by atoms with van der Waals surface area (Å²) >= 11 is 12.1. The minimum Gasteiger partial charge on any atom is -0.496 e. The Morgan fingerprint density at radius 2 is 2.00 bits per heavy atom. The fourth-order valence-electron chi connectivity index (χ4n) is 2.05. The summed E-state index contributed by atoms with van der Waals surface area (Å²) in [7, 11) is 0. The van der Waals surface area contributed by atoms with Crippen molar-refractivity contribution in [3.8, 4) is 0 Å². The molecule has 0 aromatic heterocycles. The third-order valence-corrected chi connectivity index (χ3v) is 3.27. The summed E-state index contributed by atoms with van der Waals surface area (Å²) in [4.78, 5) is 0. The maximum absolute atomic E-state index is 6.06. The van der Waals surface area contributed by atoms with Crippen molar-refractivity contribution in [1.82, 2.24) is 5.32 Å². The van der Waals surface area contributed by atoms with Crippen molar-refractivity contribution >= 4 is 23.2 Å². The lowest BCUT2D eigenvalue weighted by molar-refractivity contribution is 0.215. The van der Waals surface area contributed by atoms with Gasteiger partial charge in [-0.15, -0.1) is 0 Å². The Morgan fingerprint density at radius 3 is 2.56 bits per heavy atom. The highest BCUT2D eigenvalue weighted by Crippen LogP contribution is 2.30. The van der Waals surface area contributed by atoms with Gasteiger partial charge >= 0.3 is 0 Å². The molecule has 0 saturated heterocycles. The van der Waals surface area contributed by atoms with Gasteiger partial charge in [-0.05, 0) is 42.8 Å². The zero-order chi connectivity index (χ0) is 13.0. The molecule has 1 atom stereocenters. The van der Waals surface area contributed by atoms with E-state index in [0.717, 1.165) is 37.3 Å².